The van der Waals surface area contributed by atoms with Gasteiger partial charge in [-0.05, 0) is 261 Å². The number of benzene rings is 7. The van der Waals surface area contributed by atoms with Crippen LogP contribution in [-0.2, 0) is 32.1 Å². The molecule has 100 heavy (non-hydrogen) atoms. The first kappa shape index (κ1) is 75.7. The van der Waals surface area contributed by atoms with Gasteiger partial charge in [-0.2, -0.15) is 0 Å². The molecule has 14 nitrogen and oxygen atoms in total. The fourth-order valence-corrected chi connectivity index (χ4v) is 14.4. The fraction of sp³-hybridized carbons (Fsp3) is 0.349. The number of rotatable bonds is 7. The van der Waals surface area contributed by atoms with E-state index in [9.17, 15) is 0 Å². The number of aryl methyl sites for hydroxylation is 19. The maximum atomic E-state index is 6.05. The minimum Gasteiger partial charge on any atom is -0.398 e. The van der Waals surface area contributed by atoms with Crippen molar-refractivity contribution in [3.63, 3.8) is 0 Å². The summed E-state index contributed by atoms with van der Waals surface area (Å²) in [5.41, 5.74) is 83.3. The average Bonchev–Trinajstić information content (AvgIpc) is 1.67. The van der Waals surface area contributed by atoms with Crippen LogP contribution >= 0.6 is 0 Å². The van der Waals surface area contributed by atoms with Gasteiger partial charge in [0.05, 0.1) is 38.6 Å². The summed E-state index contributed by atoms with van der Waals surface area (Å²) in [4.78, 5) is 23.9. The van der Waals surface area contributed by atoms with E-state index < -0.39 is 0 Å². The van der Waals surface area contributed by atoms with Gasteiger partial charge in [0.25, 0.3) is 0 Å². The Morgan fingerprint density at radius 3 is 0.740 bits per heavy atom. The Morgan fingerprint density at radius 1 is 0.240 bits per heavy atom. The van der Waals surface area contributed by atoms with Crippen molar-refractivity contribution < 1.29 is 0 Å². The van der Waals surface area contributed by atoms with Crippen LogP contribution in [-0.4, -0.2) is 34.9 Å². The van der Waals surface area contributed by atoms with E-state index in [2.05, 4.69) is 231 Å². The Kier molecular flexibility index (Phi) is 23.8. The van der Waals surface area contributed by atoms with Gasteiger partial charge in [-0.1, -0.05) is 105 Å². The lowest BCUT2D eigenvalue weighted by Crippen LogP contribution is -1.93. The van der Waals surface area contributed by atoms with Crippen molar-refractivity contribution in [2.75, 3.05) is 40.1 Å². The summed E-state index contributed by atoms with van der Waals surface area (Å²) in [6.07, 6.45) is 5.18. The summed E-state index contributed by atoms with van der Waals surface area (Å²) in [6, 6.07) is 28.7. The standard InChI is InChI=1S/3C13H18N2.3C12H16N2.C11H14N2/c2*1-7(2)10-5-6-11(14)12-8(3)9(4)15-13(10)12;1-4-9-6-7-11(14)12-10(5-2)8(3)15-13(9)12;2*1-4-9-5-6-10(13)11-7(2)8(3)14-12(9)11;1-4-9-8(3)14-12-7(2)5-6-10(13)11(9)12;1-6-4-5-9(12)10-7(2)8(3)13-11(6)10/h2*5-7,15H,14H2,1-4H3;6-7,15H,4-5,14H2,1-3H3;3*5-6,14H,4,13H2,1-3H3;4-5,13H,12H2,1-3H3. The van der Waals surface area contributed by atoms with E-state index in [-0.39, 0.29) is 0 Å². The zero-order valence-corrected chi connectivity index (χ0v) is 64.3. The van der Waals surface area contributed by atoms with Crippen molar-refractivity contribution in [2.45, 2.75) is 203 Å². The summed E-state index contributed by atoms with van der Waals surface area (Å²) in [7, 11) is 0. The van der Waals surface area contributed by atoms with Crippen LogP contribution < -0.4 is 40.1 Å². The number of hydrogen-bond acceptors (Lipinski definition) is 7. The summed E-state index contributed by atoms with van der Waals surface area (Å²) < 4.78 is 0. The highest BCUT2D eigenvalue weighted by atomic mass is 14.8. The molecule has 14 heteroatoms. The highest BCUT2D eigenvalue weighted by Gasteiger charge is 2.18. The van der Waals surface area contributed by atoms with Crippen LogP contribution in [0.25, 0.3) is 76.3 Å². The summed E-state index contributed by atoms with van der Waals surface area (Å²) in [5, 5.41) is 8.40. The first-order valence-corrected chi connectivity index (χ1v) is 35.8. The van der Waals surface area contributed by atoms with Crippen LogP contribution in [0.2, 0.25) is 0 Å². The van der Waals surface area contributed by atoms with Gasteiger partial charge in [-0.3, -0.25) is 0 Å². The highest BCUT2D eigenvalue weighted by Crippen LogP contribution is 2.37. The second kappa shape index (κ2) is 31.4. The van der Waals surface area contributed by atoms with Crippen molar-refractivity contribution in [1.29, 1.82) is 0 Å². The number of nitrogen functional groups attached to an aromatic ring is 7. The second-order valence-electron chi connectivity index (χ2n) is 28.0. The van der Waals surface area contributed by atoms with E-state index in [0.29, 0.717) is 11.8 Å². The van der Waals surface area contributed by atoms with Crippen LogP contribution in [0.15, 0.2) is 84.9 Å². The van der Waals surface area contributed by atoms with E-state index in [1.165, 1.54) is 194 Å². The molecule has 0 amide bonds. The van der Waals surface area contributed by atoms with Crippen molar-refractivity contribution in [1.82, 2.24) is 34.9 Å². The predicted molar refractivity (Wildman–Crippen MR) is 440 cm³/mol. The second-order valence-corrected chi connectivity index (χ2v) is 28.0. The van der Waals surface area contributed by atoms with Crippen molar-refractivity contribution >= 4 is 116 Å². The molecule has 0 atom stereocenters. The van der Waals surface area contributed by atoms with Crippen molar-refractivity contribution in [3.05, 3.63) is 203 Å². The molecule has 0 aliphatic heterocycles. The van der Waals surface area contributed by atoms with Gasteiger partial charge < -0.3 is 75.0 Å². The summed E-state index contributed by atoms with van der Waals surface area (Å²) in [6.45, 7) is 49.1. The molecule has 14 aromatic rings. The van der Waals surface area contributed by atoms with Gasteiger partial charge in [0.15, 0.2) is 0 Å². The average molecular weight is 1350 g/mol. The molecular weight excluding hydrogens is 1230 g/mol. The van der Waals surface area contributed by atoms with E-state index in [0.717, 1.165) is 71.9 Å². The van der Waals surface area contributed by atoms with E-state index in [1.54, 1.807) is 0 Å². The Balaban J connectivity index is 0.000000148. The molecule has 0 aliphatic carbocycles. The molecule has 0 spiro atoms. The smallest absolute Gasteiger partial charge is 0.0514 e. The maximum absolute atomic E-state index is 6.05. The lowest BCUT2D eigenvalue weighted by Gasteiger charge is -2.08. The molecule has 0 unspecified atom stereocenters. The third-order valence-electron chi connectivity index (χ3n) is 20.9. The maximum Gasteiger partial charge on any atom is 0.0514 e. The minimum atomic E-state index is 0.519. The van der Waals surface area contributed by atoms with E-state index >= 15 is 0 Å². The van der Waals surface area contributed by atoms with Crippen molar-refractivity contribution in [2.24, 2.45) is 0 Å². The number of nitrogens with two attached hydrogens (primary N) is 7. The van der Waals surface area contributed by atoms with Gasteiger partial charge in [-0.15, -0.1) is 0 Å². The molecule has 0 aliphatic rings. The quantitative estimate of drug-likeness (QED) is 0.0684. The lowest BCUT2D eigenvalue weighted by atomic mass is 9.98. The molecule has 7 aromatic carbocycles. The molecule has 0 saturated heterocycles. The first-order chi connectivity index (χ1) is 47.3. The number of hydrogen-bond donors (Lipinski definition) is 14. The van der Waals surface area contributed by atoms with E-state index in [1.807, 2.05) is 48.5 Å². The Labute approximate surface area is 593 Å². The van der Waals surface area contributed by atoms with Gasteiger partial charge in [0.2, 0.25) is 0 Å². The summed E-state index contributed by atoms with van der Waals surface area (Å²) >= 11 is 0. The van der Waals surface area contributed by atoms with Crippen LogP contribution in [0, 0.1) is 96.9 Å². The lowest BCUT2D eigenvalue weighted by molar-refractivity contribution is 0.873. The number of nitrogens with one attached hydrogen (secondary N) is 7. The Hall–Kier alpha value is -10.1. The van der Waals surface area contributed by atoms with Gasteiger partial charge in [-0.25, -0.2) is 0 Å². The largest absolute Gasteiger partial charge is 0.398 e. The minimum absolute atomic E-state index is 0.519. The SMILES string of the molecule is CCc1c(C)[nH]c2c(C)ccc(N)c12.CCc1ccc(N)c2c(C)c(C)[nH]c12.CCc1ccc(N)c2c(C)c(C)[nH]c12.CCc1ccc(N)c2c(CC)c(C)[nH]c12.Cc1[nH]c2c(C(C)C)ccc(N)c2c1C.Cc1[nH]c2c(C(C)C)ccc(N)c2c1C.Cc1[nH]c2c(C)ccc(N)c2c1C. The molecule has 0 saturated carbocycles. The van der Waals surface area contributed by atoms with Crippen LogP contribution in [0.5, 0.6) is 0 Å². The van der Waals surface area contributed by atoms with Gasteiger partial charge in [0.1, 0.15) is 0 Å². The third kappa shape index (κ3) is 14.9. The monoisotopic (exact) mass is 1340 g/mol. The first-order valence-electron chi connectivity index (χ1n) is 35.8. The van der Waals surface area contributed by atoms with Gasteiger partial charge in [0, 0.05) is 117 Å². The molecule has 0 bridgehead atoms. The number of anilines is 7. The van der Waals surface area contributed by atoms with E-state index in [4.69, 9.17) is 40.1 Å². The number of fused-ring (bicyclic) bond motifs is 7. The predicted octanol–water partition coefficient (Wildman–Crippen LogP) is 21.6. The van der Waals surface area contributed by atoms with Crippen LogP contribution in [0.4, 0.5) is 39.8 Å². The topological polar surface area (TPSA) is 293 Å². The fourth-order valence-electron chi connectivity index (χ4n) is 14.4. The van der Waals surface area contributed by atoms with Crippen LogP contribution in [0.3, 0.4) is 0 Å². The normalized spacial score (nSPS) is 11.2. The molecule has 21 N–H and O–H groups in total. The van der Waals surface area contributed by atoms with Crippen LogP contribution in [0.1, 0.15) is 192 Å². The zero-order valence-electron chi connectivity index (χ0n) is 64.3. The molecule has 7 heterocycles. The molecule has 0 radical (unpaired) electrons. The zero-order chi connectivity index (χ0) is 73.8. The Bertz CT molecular complexity index is 5060. The highest BCUT2D eigenvalue weighted by molar-refractivity contribution is 6.02. The summed E-state index contributed by atoms with van der Waals surface area (Å²) in [5.74, 6) is 1.04. The number of aromatic nitrogens is 7. The molecular formula is C86H116N14. The van der Waals surface area contributed by atoms with Gasteiger partial charge >= 0.3 is 0 Å². The number of aromatic amines is 7. The molecule has 7 aromatic heterocycles. The number of H-pyrrole nitrogens is 7. The molecule has 530 valence electrons. The molecule has 14 rings (SSSR count). The van der Waals surface area contributed by atoms with Crippen molar-refractivity contribution in [3.8, 4) is 0 Å². The third-order valence-corrected chi connectivity index (χ3v) is 20.9. The Morgan fingerprint density at radius 2 is 0.450 bits per heavy atom. The molecule has 0 fully saturated rings.